The van der Waals surface area contributed by atoms with Crippen LogP contribution in [0.4, 0.5) is 0 Å². The number of thiocarbonyl (C=S) groups is 1. The molecule has 3 nitrogen and oxygen atoms in total. The molecule has 0 aliphatic carbocycles. The van der Waals surface area contributed by atoms with Crippen molar-refractivity contribution in [2.24, 2.45) is 0 Å². The van der Waals surface area contributed by atoms with Crippen LogP contribution in [-0.4, -0.2) is 30.1 Å². The number of carbonyl (C=O) groups is 1. The van der Waals surface area contributed by atoms with Gasteiger partial charge in [0, 0.05) is 16.4 Å². The lowest BCUT2D eigenvalue weighted by molar-refractivity contribution is -0.116. The minimum atomic E-state index is -0.0924. The average molecular weight is 307 g/mol. The maximum absolute atomic E-state index is 12.1. The molecule has 0 aliphatic heterocycles. The summed E-state index contributed by atoms with van der Waals surface area (Å²) in [6.07, 6.45) is 6.82. The lowest BCUT2D eigenvalue weighted by Gasteiger charge is -2.12. The van der Waals surface area contributed by atoms with E-state index in [1.54, 1.807) is 23.5 Å². The van der Waals surface area contributed by atoms with Gasteiger partial charge >= 0.3 is 0 Å². The zero-order valence-corrected chi connectivity index (χ0v) is 13.9. The molecular weight excluding hydrogens is 284 g/mol. The lowest BCUT2D eigenvalue weighted by Crippen LogP contribution is -2.40. The Morgan fingerprint density at radius 3 is 2.28 bits per heavy atom. The third-order valence-corrected chi connectivity index (χ3v) is 4.77. The van der Waals surface area contributed by atoms with Crippen LogP contribution in [0.1, 0.15) is 33.1 Å². The fourth-order valence-corrected chi connectivity index (χ4v) is 3.16. The molecule has 0 saturated heterocycles. The minimum Gasteiger partial charge on any atom is -0.362 e. The van der Waals surface area contributed by atoms with Gasteiger partial charge in [-0.15, -0.1) is 23.5 Å². The van der Waals surface area contributed by atoms with Gasteiger partial charge in [-0.3, -0.25) is 10.1 Å². The predicted octanol–water partition coefficient (Wildman–Crippen LogP) is 3.12. The Hall–Kier alpha value is -0.200. The molecule has 0 aromatic rings. The second kappa shape index (κ2) is 10.7. The highest BCUT2D eigenvalue weighted by Crippen LogP contribution is 2.28. The molecule has 0 bridgehead atoms. The summed E-state index contributed by atoms with van der Waals surface area (Å²) in [5, 5.41) is 6.19. The van der Waals surface area contributed by atoms with Crippen molar-refractivity contribution in [3.8, 4) is 0 Å². The van der Waals surface area contributed by atoms with E-state index in [1.807, 2.05) is 19.4 Å². The quantitative estimate of drug-likeness (QED) is 0.430. The number of thioether (sulfide) groups is 2. The third-order valence-electron chi connectivity index (χ3n) is 2.29. The van der Waals surface area contributed by atoms with Crippen molar-refractivity contribution >= 4 is 46.8 Å². The van der Waals surface area contributed by atoms with E-state index in [1.165, 1.54) is 0 Å². The van der Waals surface area contributed by atoms with Crippen molar-refractivity contribution in [2.75, 3.05) is 19.1 Å². The molecule has 0 aromatic carbocycles. The van der Waals surface area contributed by atoms with Crippen LogP contribution in [0.2, 0.25) is 0 Å². The van der Waals surface area contributed by atoms with Gasteiger partial charge < -0.3 is 5.32 Å². The van der Waals surface area contributed by atoms with E-state index < -0.39 is 0 Å². The normalized spacial score (nSPS) is 9.78. The van der Waals surface area contributed by atoms with E-state index >= 15 is 0 Å². The molecule has 0 aromatic heterocycles. The van der Waals surface area contributed by atoms with Crippen molar-refractivity contribution in [3.05, 3.63) is 9.81 Å². The van der Waals surface area contributed by atoms with Crippen molar-refractivity contribution in [2.45, 2.75) is 33.1 Å². The molecule has 0 heterocycles. The van der Waals surface area contributed by atoms with E-state index in [0.717, 1.165) is 29.2 Å². The topological polar surface area (TPSA) is 41.1 Å². The summed E-state index contributed by atoms with van der Waals surface area (Å²) in [6.45, 7) is 4.90. The molecule has 0 spiro atoms. The van der Waals surface area contributed by atoms with Gasteiger partial charge in [0.15, 0.2) is 5.11 Å². The van der Waals surface area contributed by atoms with E-state index in [4.69, 9.17) is 12.2 Å². The molecular formula is C12H22N2OS3. The van der Waals surface area contributed by atoms with Gasteiger partial charge in [0.2, 0.25) is 0 Å². The molecule has 0 saturated carbocycles. The predicted molar refractivity (Wildman–Crippen MR) is 88.0 cm³/mol. The fraction of sp³-hybridized carbons (Fsp3) is 0.667. The summed E-state index contributed by atoms with van der Waals surface area (Å²) >= 11 is 8.29. The minimum absolute atomic E-state index is 0.0924. The second-order valence-corrected chi connectivity index (χ2v) is 5.89. The Labute approximate surface area is 124 Å². The SMILES string of the molecule is CCCCNC(=S)NC(=O)C(CC)=C(SC)SC. The third kappa shape index (κ3) is 6.66. The van der Waals surface area contributed by atoms with Gasteiger partial charge in [0.05, 0.1) is 0 Å². The van der Waals surface area contributed by atoms with Crippen LogP contribution in [0.15, 0.2) is 9.81 Å². The molecule has 0 rings (SSSR count). The number of unbranched alkanes of at least 4 members (excludes halogenated alkanes) is 1. The van der Waals surface area contributed by atoms with Gasteiger partial charge in [-0.1, -0.05) is 20.3 Å². The first-order chi connectivity index (χ1) is 8.60. The summed E-state index contributed by atoms with van der Waals surface area (Å²) in [7, 11) is 0. The van der Waals surface area contributed by atoms with Gasteiger partial charge in [-0.05, 0) is 37.6 Å². The van der Waals surface area contributed by atoms with Gasteiger partial charge in [0.1, 0.15) is 0 Å². The van der Waals surface area contributed by atoms with E-state index in [-0.39, 0.29) is 5.91 Å². The zero-order chi connectivity index (χ0) is 14.0. The first kappa shape index (κ1) is 17.8. The van der Waals surface area contributed by atoms with Gasteiger partial charge in [-0.2, -0.15) is 0 Å². The Kier molecular flexibility index (Phi) is 10.6. The largest absolute Gasteiger partial charge is 0.362 e. The maximum atomic E-state index is 12.1. The lowest BCUT2D eigenvalue weighted by atomic mass is 10.2. The fourth-order valence-electron chi connectivity index (χ4n) is 1.33. The molecule has 0 unspecified atom stereocenters. The monoisotopic (exact) mass is 306 g/mol. The Balaban J connectivity index is 4.45. The highest BCUT2D eigenvalue weighted by molar-refractivity contribution is 8.21. The molecule has 2 N–H and O–H groups in total. The van der Waals surface area contributed by atoms with E-state index in [0.29, 0.717) is 11.5 Å². The van der Waals surface area contributed by atoms with Crippen LogP contribution >= 0.6 is 35.7 Å². The summed E-state index contributed by atoms with van der Waals surface area (Å²) in [5.74, 6) is -0.0924. The van der Waals surface area contributed by atoms with Crippen molar-refractivity contribution in [3.63, 3.8) is 0 Å². The molecule has 0 aliphatic rings. The highest BCUT2D eigenvalue weighted by Gasteiger charge is 2.13. The van der Waals surface area contributed by atoms with Crippen LogP contribution in [-0.2, 0) is 4.79 Å². The summed E-state index contributed by atoms with van der Waals surface area (Å²) in [6, 6.07) is 0. The average Bonchev–Trinajstić information content (AvgIpc) is 2.35. The van der Waals surface area contributed by atoms with Crippen LogP contribution in [0, 0.1) is 0 Å². The highest BCUT2D eigenvalue weighted by atomic mass is 32.2. The van der Waals surface area contributed by atoms with Crippen molar-refractivity contribution in [1.29, 1.82) is 0 Å². The summed E-state index contributed by atoms with van der Waals surface area (Å²) in [4.78, 5) is 12.1. The van der Waals surface area contributed by atoms with E-state index in [9.17, 15) is 4.79 Å². The van der Waals surface area contributed by atoms with Crippen LogP contribution in [0.25, 0.3) is 0 Å². The first-order valence-electron chi connectivity index (χ1n) is 6.00. The van der Waals surface area contributed by atoms with Crippen molar-refractivity contribution in [1.82, 2.24) is 10.6 Å². The smallest absolute Gasteiger partial charge is 0.254 e. The second-order valence-electron chi connectivity index (χ2n) is 3.59. The Morgan fingerprint density at radius 1 is 1.22 bits per heavy atom. The van der Waals surface area contributed by atoms with Crippen LogP contribution in [0.3, 0.4) is 0 Å². The van der Waals surface area contributed by atoms with E-state index in [2.05, 4.69) is 17.6 Å². The zero-order valence-electron chi connectivity index (χ0n) is 11.5. The molecule has 0 fully saturated rings. The standard InChI is InChI=1S/C12H22N2OS3/c1-5-7-8-13-12(16)14-10(15)9(6-2)11(17-3)18-4/h5-8H2,1-4H3,(H2,13,14,15,16). The van der Waals surface area contributed by atoms with Gasteiger partial charge in [-0.25, -0.2) is 0 Å². The van der Waals surface area contributed by atoms with Crippen molar-refractivity contribution < 1.29 is 4.79 Å². The van der Waals surface area contributed by atoms with Gasteiger partial charge in [0.25, 0.3) is 5.91 Å². The number of carbonyl (C=O) groups excluding carboxylic acids is 1. The summed E-state index contributed by atoms with van der Waals surface area (Å²) in [5.41, 5.74) is 0.801. The Morgan fingerprint density at radius 2 is 1.83 bits per heavy atom. The Bertz CT molecular complexity index is 310. The molecule has 0 radical (unpaired) electrons. The molecule has 18 heavy (non-hydrogen) atoms. The number of rotatable bonds is 7. The number of nitrogens with one attached hydrogen (secondary N) is 2. The first-order valence-corrected chi connectivity index (χ1v) is 8.86. The molecule has 1 amide bonds. The molecule has 104 valence electrons. The van der Waals surface area contributed by atoms with Crippen LogP contribution in [0.5, 0.6) is 0 Å². The molecule has 6 heteroatoms. The number of hydrogen-bond donors (Lipinski definition) is 2. The number of amides is 1. The molecule has 0 atom stereocenters. The summed E-state index contributed by atoms with van der Waals surface area (Å²) < 4.78 is 1.05. The number of hydrogen-bond acceptors (Lipinski definition) is 4. The van der Waals surface area contributed by atoms with Crippen LogP contribution < -0.4 is 10.6 Å². The maximum Gasteiger partial charge on any atom is 0.254 e.